The van der Waals surface area contributed by atoms with Crippen molar-refractivity contribution in [2.45, 2.75) is 70.6 Å². The van der Waals surface area contributed by atoms with Gasteiger partial charge in [-0.05, 0) is 32.6 Å². The van der Waals surface area contributed by atoms with Gasteiger partial charge in [0.05, 0.1) is 6.10 Å². The largest absolute Gasteiger partial charge is 0.392 e. The maximum atomic E-state index is 9.60. The first kappa shape index (κ1) is 11.0. The van der Waals surface area contributed by atoms with E-state index in [0.717, 1.165) is 12.8 Å². The van der Waals surface area contributed by atoms with Crippen molar-refractivity contribution in [3.05, 3.63) is 0 Å². The molecule has 78 valence electrons. The molecule has 3 atom stereocenters. The van der Waals surface area contributed by atoms with Crippen molar-refractivity contribution in [2.75, 3.05) is 0 Å². The summed E-state index contributed by atoms with van der Waals surface area (Å²) in [4.78, 5) is 0. The second kappa shape index (κ2) is 5.61. The third kappa shape index (κ3) is 3.65. The fraction of sp³-hybridized carbons (Fsp3) is 1.00. The average Bonchev–Trinajstić information content (AvgIpc) is 2.48. The Labute approximate surface area is 81.7 Å². The van der Waals surface area contributed by atoms with E-state index in [2.05, 4.69) is 19.2 Å². The van der Waals surface area contributed by atoms with Crippen LogP contribution in [0.1, 0.15) is 52.4 Å². The van der Waals surface area contributed by atoms with Gasteiger partial charge in [0.15, 0.2) is 0 Å². The van der Waals surface area contributed by atoms with Gasteiger partial charge in [-0.3, -0.25) is 0 Å². The van der Waals surface area contributed by atoms with Crippen LogP contribution in [0.4, 0.5) is 0 Å². The van der Waals surface area contributed by atoms with Crippen molar-refractivity contribution >= 4 is 0 Å². The van der Waals surface area contributed by atoms with Crippen LogP contribution in [0.25, 0.3) is 0 Å². The van der Waals surface area contributed by atoms with Gasteiger partial charge < -0.3 is 10.4 Å². The zero-order valence-electron chi connectivity index (χ0n) is 8.92. The van der Waals surface area contributed by atoms with Gasteiger partial charge >= 0.3 is 0 Å². The molecule has 1 aliphatic carbocycles. The van der Waals surface area contributed by atoms with Gasteiger partial charge in [-0.25, -0.2) is 0 Å². The molecule has 13 heavy (non-hydrogen) atoms. The summed E-state index contributed by atoms with van der Waals surface area (Å²) >= 11 is 0. The highest BCUT2D eigenvalue weighted by Crippen LogP contribution is 2.19. The Morgan fingerprint density at radius 3 is 2.77 bits per heavy atom. The lowest BCUT2D eigenvalue weighted by Crippen LogP contribution is -2.41. The Morgan fingerprint density at radius 1 is 1.46 bits per heavy atom. The summed E-state index contributed by atoms with van der Waals surface area (Å²) in [5.41, 5.74) is 0. The normalized spacial score (nSPS) is 30.7. The zero-order valence-corrected chi connectivity index (χ0v) is 8.92. The quantitative estimate of drug-likeness (QED) is 0.687. The second-order valence-electron chi connectivity index (χ2n) is 4.31. The Hall–Kier alpha value is -0.0800. The van der Waals surface area contributed by atoms with Gasteiger partial charge in [-0.2, -0.15) is 0 Å². The van der Waals surface area contributed by atoms with Crippen LogP contribution in [-0.2, 0) is 0 Å². The molecular weight excluding hydrogens is 162 g/mol. The van der Waals surface area contributed by atoms with E-state index in [4.69, 9.17) is 0 Å². The fourth-order valence-electron chi connectivity index (χ4n) is 2.09. The molecule has 0 aromatic rings. The number of aliphatic hydroxyl groups excluding tert-OH is 1. The molecule has 2 N–H and O–H groups in total. The van der Waals surface area contributed by atoms with Gasteiger partial charge in [0.1, 0.15) is 0 Å². The lowest BCUT2D eigenvalue weighted by Gasteiger charge is -2.21. The molecule has 0 amide bonds. The monoisotopic (exact) mass is 185 g/mol. The van der Waals surface area contributed by atoms with Crippen LogP contribution in [0.2, 0.25) is 0 Å². The molecule has 0 bridgehead atoms. The molecule has 0 aliphatic heterocycles. The van der Waals surface area contributed by atoms with Gasteiger partial charge in [0.25, 0.3) is 0 Å². The highest BCUT2D eigenvalue weighted by molar-refractivity contribution is 4.84. The molecule has 1 saturated carbocycles. The van der Waals surface area contributed by atoms with Crippen molar-refractivity contribution in [3.8, 4) is 0 Å². The van der Waals surface area contributed by atoms with Crippen molar-refractivity contribution in [3.63, 3.8) is 0 Å². The Balaban J connectivity index is 2.15. The Morgan fingerprint density at radius 2 is 2.23 bits per heavy atom. The molecule has 0 aromatic heterocycles. The van der Waals surface area contributed by atoms with Crippen LogP contribution >= 0.6 is 0 Å². The SMILES string of the molecule is CCCCC(C)N[C@@H]1CCC[C@H]1O. The number of aliphatic hydroxyl groups is 1. The van der Waals surface area contributed by atoms with Crippen molar-refractivity contribution < 1.29 is 5.11 Å². The second-order valence-corrected chi connectivity index (χ2v) is 4.31. The van der Waals surface area contributed by atoms with E-state index in [-0.39, 0.29) is 6.10 Å². The zero-order chi connectivity index (χ0) is 9.68. The predicted molar refractivity (Wildman–Crippen MR) is 55.8 cm³/mol. The van der Waals surface area contributed by atoms with E-state index < -0.39 is 0 Å². The van der Waals surface area contributed by atoms with E-state index in [0.29, 0.717) is 12.1 Å². The van der Waals surface area contributed by atoms with E-state index >= 15 is 0 Å². The van der Waals surface area contributed by atoms with Crippen LogP contribution in [0, 0.1) is 0 Å². The summed E-state index contributed by atoms with van der Waals surface area (Å²) in [6, 6.07) is 0.935. The molecular formula is C11H23NO. The van der Waals surface area contributed by atoms with E-state index in [1.165, 1.54) is 25.7 Å². The Kier molecular flexibility index (Phi) is 4.74. The summed E-state index contributed by atoms with van der Waals surface area (Å²) in [6.45, 7) is 4.44. The van der Waals surface area contributed by atoms with Gasteiger partial charge in [0, 0.05) is 12.1 Å². The van der Waals surface area contributed by atoms with E-state index in [9.17, 15) is 5.11 Å². The topological polar surface area (TPSA) is 32.3 Å². The van der Waals surface area contributed by atoms with E-state index in [1.54, 1.807) is 0 Å². The minimum atomic E-state index is -0.0934. The molecule has 1 aliphatic rings. The number of rotatable bonds is 5. The van der Waals surface area contributed by atoms with Crippen LogP contribution in [0.3, 0.4) is 0 Å². The number of hydrogen-bond acceptors (Lipinski definition) is 2. The molecule has 0 saturated heterocycles. The number of hydrogen-bond donors (Lipinski definition) is 2. The molecule has 1 fully saturated rings. The molecule has 1 rings (SSSR count). The average molecular weight is 185 g/mol. The minimum Gasteiger partial charge on any atom is -0.392 e. The van der Waals surface area contributed by atoms with Crippen LogP contribution in [-0.4, -0.2) is 23.3 Å². The fourth-order valence-corrected chi connectivity index (χ4v) is 2.09. The van der Waals surface area contributed by atoms with Crippen molar-refractivity contribution in [1.29, 1.82) is 0 Å². The summed E-state index contributed by atoms with van der Waals surface area (Å²) in [5, 5.41) is 13.1. The highest BCUT2D eigenvalue weighted by atomic mass is 16.3. The first-order valence-electron chi connectivity index (χ1n) is 5.68. The maximum Gasteiger partial charge on any atom is 0.0693 e. The number of unbranched alkanes of at least 4 members (excludes halogenated alkanes) is 1. The smallest absolute Gasteiger partial charge is 0.0693 e. The third-order valence-electron chi connectivity index (χ3n) is 2.97. The molecule has 2 nitrogen and oxygen atoms in total. The summed E-state index contributed by atoms with van der Waals surface area (Å²) in [5.74, 6) is 0. The first-order valence-corrected chi connectivity index (χ1v) is 5.68. The molecule has 0 aromatic carbocycles. The van der Waals surface area contributed by atoms with Gasteiger partial charge in [-0.1, -0.05) is 19.8 Å². The summed E-state index contributed by atoms with van der Waals surface area (Å²) in [6.07, 6.45) is 7.01. The first-order chi connectivity index (χ1) is 6.24. The molecule has 0 spiro atoms. The van der Waals surface area contributed by atoms with Crippen molar-refractivity contribution in [1.82, 2.24) is 5.32 Å². The lowest BCUT2D eigenvalue weighted by molar-refractivity contribution is 0.143. The van der Waals surface area contributed by atoms with E-state index in [1.807, 2.05) is 0 Å². The van der Waals surface area contributed by atoms with Crippen LogP contribution in [0.5, 0.6) is 0 Å². The molecule has 0 radical (unpaired) electrons. The third-order valence-corrected chi connectivity index (χ3v) is 2.97. The lowest BCUT2D eigenvalue weighted by atomic mass is 10.1. The van der Waals surface area contributed by atoms with Gasteiger partial charge in [0.2, 0.25) is 0 Å². The summed E-state index contributed by atoms with van der Waals surface area (Å²) < 4.78 is 0. The predicted octanol–water partition coefficient (Wildman–Crippen LogP) is 2.07. The maximum absolute atomic E-state index is 9.60. The highest BCUT2D eigenvalue weighted by Gasteiger charge is 2.25. The van der Waals surface area contributed by atoms with Crippen LogP contribution in [0.15, 0.2) is 0 Å². The number of nitrogens with one attached hydrogen (secondary N) is 1. The molecule has 0 heterocycles. The van der Waals surface area contributed by atoms with Crippen LogP contribution < -0.4 is 5.32 Å². The summed E-state index contributed by atoms with van der Waals surface area (Å²) in [7, 11) is 0. The van der Waals surface area contributed by atoms with Crippen molar-refractivity contribution in [2.24, 2.45) is 0 Å². The van der Waals surface area contributed by atoms with Gasteiger partial charge in [-0.15, -0.1) is 0 Å². The molecule has 1 unspecified atom stereocenters. The minimum absolute atomic E-state index is 0.0934. The Bertz CT molecular complexity index is 138. The molecule has 2 heteroatoms. The standard InChI is InChI=1S/C11H23NO/c1-3-4-6-9(2)12-10-7-5-8-11(10)13/h9-13H,3-8H2,1-2H3/t9?,10-,11-/m1/s1.